The van der Waals surface area contributed by atoms with E-state index in [0.29, 0.717) is 12.2 Å². The predicted octanol–water partition coefficient (Wildman–Crippen LogP) is 1.20. The fraction of sp³-hybridized carbons (Fsp3) is 0.688. The number of nitrogens with zero attached hydrogens (tertiary/aromatic N) is 2. The highest BCUT2D eigenvalue weighted by Crippen LogP contribution is 2.42. The van der Waals surface area contributed by atoms with Gasteiger partial charge in [-0.3, -0.25) is 14.3 Å². The molecule has 6 nitrogen and oxygen atoms in total. The average molecular weight is 333 g/mol. The Kier molecular flexibility index (Phi) is 4.98. The van der Waals surface area contributed by atoms with Crippen LogP contribution in [0.25, 0.3) is 0 Å². The topological polar surface area (TPSA) is 90.0 Å². The first-order valence-electron chi connectivity index (χ1n) is 8.09. The third-order valence-electron chi connectivity index (χ3n) is 4.77. The van der Waals surface area contributed by atoms with Gasteiger partial charge >= 0.3 is 0 Å². The first kappa shape index (κ1) is 17.7. The van der Waals surface area contributed by atoms with E-state index in [1.807, 2.05) is 6.92 Å². The van der Waals surface area contributed by atoms with Crippen LogP contribution in [0.2, 0.25) is 0 Å². The third kappa shape index (κ3) is 3.65. The van der Waals surface area contributed by atoms with Gasteiger partial charge in [-0.25, -0.2) is 0 Å². The van der Waals surface area contributed by atoms with Crippen molar-refractivity contribution in [1.82, 2.24) is 15.1 Å². The van der Waals surface area contributed by atoms with Crippen LogP contribution in [0.4, 0.5) is 0 Å². The molecule has 125 valence electrons. The molecule has 23 heavy (non-hydrogen) atoms. The second-order valence-electron chi connectivity index (χ2n) is 7.12. The molecule has 1 saturated carbocycles. The highest BCUT2D eigenvalue weighted by atomic mass is 28.1. The number of carbonyl (C=O) groups is 2. The summed E-state index contributed by atoms with van der Waals surface area (Å²) >= 11 is 0. The molecule has 1 aliphatic rings. The lowest BCUT2D eigenvalue weighted by atomic mass is 9.69. The minimum Gasteiger partial charge on any atom is -0.368 e. The zero-order chi connectivity index (χ0) is 17.3. The van der Waals surface area contributed by atoms with Crippen LogP contribution in [-0.2, 0) is 11.3 Å². The van der Waals surface area contributed by atoms with E-state index >= 15 is 0 Å². The zero-order valence-corrected chi connectivity index (χ0v) is 15.1. The summed E-state index contributed by atoms with van der Waals surface area (Å²) < 4.78 is 1.59. The molecular weight excluding hydrogens is 308 g/mol. The summed E-state index contributed by atoms with van der Waals surface area (Å²) in [5, 5.41) is 5.67. The summed E-state index contributed by atoms with van der Waals surface area (Å²) in [5.41, 5.74) is 6.19. The van der Waals surface area contributed by atoms with Crippen LogP contribution in [0.15, 0.2) is 12.3 Å². The van der Waals surface area contributed by atoms with Crippen LogP contribution in [0.1, 0.15) is 56.9 Å². The van der Waals surface area contributed by atoms with Gasteiger partial charge in [-0.05, 0) is 43.6 Å². The van der Waals surface area contributed by atoms with Crippen LogP contribution >= 0.6 is 0 Å². The molecule has 1 heterocycles. The number of nitrogens with two attached hydrogens (primary N) is 1. The standard InChI is InChI=1S/C16H25N4O2Si/c1-4-20-12(7-9-18-20)13(21)19-16(23,14(17)22)11-6-5-8-15(2,3)10-11/h7,9,11H,4-6,8,10H2,1-3H3,(H2,17,22)(H,19,21)/t11-,16-/m0/s1. The molecule has 0 aliphatic heterocycles. The summed E-state index contributed by atoms with van der Waals surface area (Å²) in [6.07, 6.45) is 5.37. The number of aryl methyl sites for hydroxylation is 1. The van der Waals surface area contributed by atoms with Crippen LogP contribution in [-0.4, -0.2) is 37.0 Å². The molecule has 3 N–H and O–H groups in total. The van der Waals surface area contributed by atoms with E-state index in [4.69, 9.17) is 5.73 Å². The Balaban J connectivity index is 2.24. The Morgan fingerprint density at radius 3 is 2.83 bits per heavy atom. The molecule has 0 unspecified atom stereocenters. The Bertz CT molecular complexity index is 599. The van der Waals surface area contributed by atoms with Gasteiger partial charge in [0.05, 0.1) is 10.2 Å². The number of carbonyl (C=O) groups excluding carboxylic acids is 2. The first-order valence-corrected chi connectivity index (χ1v) is 8.59. The molecule has 2 amide bonds. The Morgan fingerprint density at radius 2 is 2.26 bits per heavy atom. The van der Waals surface area contributed by atoms with E-state index in [-0.39, 0.29) is 17.2 Å². The normalized spacial score (nSPS) is 23.0. The molecule has 0 saturated heterocycles. The van der Waals surface area contributed by atoms with Gasteiger partial charge in [-0.15, -0.1) is 0 Å². The Labute approximate surface area is 140 Å². The number of hydrogen-bond acceptors (Lipinski definition) is 3. The van der Waals surface area contributed by atoms with Crippen LogP contribution in [0.5, 0.6) is 0 Å². The second kappa shape index (κ2) is 6.47. The molecule has 3 radical (unpaired) electrons. The molecule has 1 aromatic rings. The minimum atomic E-state index is -1.24. The predicted molar refractivity (Wildman–Crippen MR) is 88.8 cm³/mol. The van der Waals surface area contributed by atoms with Gasteiger partial charge in [0, 0.05) is 12.7 Å². The summed E-state index contributed by atoms with van der Waals surface area (Å²) in [6, 6.07) is 1.64. The smallest absolute Gasteiger partial charge is 0.270 e. The van der Waals surface area contributed by atoms with Crippen molar-refractivity contribution in [1.29, 1.82) is 0 Å². The van der Waals surface area contributed by atoms with Crippen molar-refractivity contribution in [2.24, 2.45) is 17.1 Å². The van der Waals surface area contributed by atoms with Gasteiger partial charge in [0.2, 0.25) is 5.91 Å². The van der Waals surface area contributed by atoms with E-state index in [0.717, 1.165) is 25.7 Å². The molecule has 2 rings (SSSR count). The Morgan fingerprint density at radius 1 is 1.57 bits per heavy atom. The molecule has 1 aliphatic carbocycles. The third-order valence-corrected chi connectivity index (χ3v) is 5.55. The number of amides is 2. The van der Waals surface area contributed by atoms with Crippen molar-refractivity contribution >= 4 is 22.1 Å². The molecule has 7 heteroatoms. The highest BCUT2D eigenvalue weighted by molar-refractivity contribution is 6.30. The minimum absolute atomic E-state index is 0.0395. The number of aromatic nitrogens is 2. The number of primary amides is 1. The maximum Gasteiger partial charge on any atom is 0.270 e. The van der Waals surface area contributed by atoms with Crippen LogP contribution in [0, 0.1) is 11.3 Å². The van der Waals surface area contributed by atoms with E-state index in [1.54, 1.807) is 16.9 Å². The van der Waals surface area contributed by atoms with E-state index in [2.05, 4.69) is 34.5 Å². The van der Waals surface area contributed by atoms with Crippen LogP contribution < -0.4 is 11.1 Å². The number of rotatable bonds is 5. The highest BCUT2D eigenvalue weighted by Gasteiger charge is 2.45. The summed E-state index contributed by atoms with van der Waals surface area (Å²) in [7, 11) is 3.52. The lowest BCUT2D eigenvalue weighted by Crippen LogP contribution is -2.63. The molecule has 1 fully saturated rings. The monoisotopic (exact) mass is 333 g/mol. The SMILES string of the molecule is CCn1nccc1C(=O)N[C@@]([Si])(C(N)=O)[C@H]1CCCC(C)(C)C1. The molecule has 1 aromatic heterocycles. The van der Waals surface area contributed by atoms with E-state index < -0.39 is 11.1 Å². The van der Waals surface area contributed by atoms with Crippen LogP contribution in [0.3, 0.4) is 0 Å². The van der Waals surface area contributed by atoms with Crippen molar-refractivity contribution in [3.63, 3.8) is 0 Å². The van der Waals surface area contributed by atoms with Gasteiger partial charge < -0.3 is 11.1 Å². The van der Waals surface area contributed by atoms with Crippen molar-refractivity contribution in [3.8, 4) is 0 Å². The van der Waals surface area contributed by atoms with Gasteiger partial charge in [-0.2, -0.15) is 5.10 Å². The average Bonchev–Trinajstić information content (AvgIpc) is 2.94. The van der Waals surface area contributed by atoms with Gasteiger partial charge in [0.25, 0.3) is 5.91 Å². The number of hydrogen-bond donors (Lipinski definition) is 2. The fourth-order valence-corrected chi connectivity index (χ4v) is 3.81. The van der Waals surface area contributed by atoms with E-state index in [1.165, 1.54) is 0 Å². The quantitative estimate of drug-likeness (QED) is 0.793. The van der Waals surface area contributed by atoms with Crippen molar-refractivity contribution in [2.75, 3.05) is 0 Å². The zero-order valence-electron chi connectivity index (χ0n) is 14.1. The van der Waals surface area contributed by atoms with Gasteiger partial charge in [0.15, 0.2) is 0 Å². The molecule has 2 atom stereocenters. The van der Waals surface area contributed by atoms with Crippen molar-refractivity contribution in [2.45, 2.75) is 58.2 Å². The summed E-state index contributed by atoms with van der Waals surface area (Å²) in [6.45, 7) is 6.85. The Hall–Kier alpha value is -1.63. The van der Waals surface area contributed by atoms with Gasteiger partial charge in [-0.1, -0.05) is 20.3 Å². The maximum atomic E-state index is 12.6. The number of nitrogens with one attached hydrogen (secondary N) is 1. The summed E-state index contributed by atoms with van der Waals surface area (Å²) in [5.74, 6) is -0.948. The van der Waals surface area contributed by atoms with E-state index in [9.17, 15) is 9.59 Å². The van der Waals surface area contributed by atoms with Gasteiger partial charge in [0.1, 0.15) is 10.9 Å². The van der Waals surface area contributed by atoms with Crippen molar-refractivity contribution in [3.05, 3.63) is 18.0 Å². The first-order chi connectivity index (χ1) is 10.7. The second-order valence-corrected chi connectivity index (χ2v) is 7.90. The molecule has 0 bridgehead atoms. The molecular formula is C16H25N4O2Si. The summed E-state index contributed by atoms with van der Waals surface area (Å²) in [4.78, 5) is 24.7. The maximum absolute atomic E-state index is 12.6. The molecule has 0 spiro atoms. The lowest BCUT2D eigenvalue weighted by Gasteiger charge is -2.43. The molecule has 0 aromatic carbocycles. The van der Waals surface area contributed by atoms with Crippen molar-refractivity contribution < 1.29 is 9.59 Å². The lowest BCUT2D eigenvalue weighted by molar-refractivity contribution is -0.123. The largest absolute Gasteiger partial charge is 0.368 e. The fourth-order valence-electron chi connectivity index (χ4n) is 3.45.